The van der Waals surface area contributed by atoms with E-state index in [0.29, 0.717) is 15.6 Å². The lowest BCUT2D eigenvalue weighted by molar-refractivity contribution is -0.139. The number of carboxylic acid groups (broad SMARTS) is 1. The summed E-state index contributed by atoms with van der Waals surface area (Å²) in [4.78, 5) is 41.1. The fourth-order valence-corrected chi connectivity index (χ4v) is 5.46. The number of aryl methyl sites for hydroxylation is 1. The van der Waals surface area contributed by atoms with Crippen molar-refractivity contribution in [1.29, 1.82) is 0 Å². The molecular formula is C26H25N3O5S. The number of carbonyl (C=O) groups excluding carboxylic acids is 2. The van der Waals surface area contributed by atoms with E-state index in [1.165, 1.54) is 0 Å². The number of fused-ring (bicyclic) bond motifs is 3. The van der Waals surface area contributed by atoms with Crippen LogP contribution >= 0.6 is 11.3 Å². The lowest BCUT2D eigenvalue weighted by Crippen LogP contribution is -2.42. The van der Waals surface area contributed by atoms with E-state index in [2.05, 4.69) is 39.9 Å². The maximum atomic E-state index is 12.6. The number of aliphatic carboxylic acids is 1. The van der Waals surface area contributed by atoms with Gasteiger partial charge in [-0.2, -0.15) is 0 Å². The number of alkyl carbamates (subject to hydrolysis) is 1. The highest BCUT2D eigenvalue weighted by Gasteiger charge is 2.38. The molecule has 3 N–H and O–H groups in total. The van der Waals surface area contributed by atoms with Gasteiger partial charge >= 0.3 is 12.1 Å². The van der Waals surface area contributed by atoms with Crippen LogP contribution in [0.2, 0.25) is 0 Å². The van der Waals surface area contributed by atoms with Gasteiger partial charge in [0.1, 0.15) is 22.5 Å². The van der Waals surface area contributed by atoms with E-state index >= 15 is 0 Å². The predicted molar refractivity (Wildman–Crippen MR) is 130 cm³/mol. The fourth-order valence-electron chi connectivity index (χ4n) is 4.55. The van der Waals surface area contributed by atoms with Crippen LogP contribution in [0, 0.1) is 12.8 Å². The minimum absolute atomic E-state index is 0.0145. The first-order valence-electron chi connectivity index (χ1n) is 11.5. The third kappa shape index (κ3) is 4.77. The van der Waals surface area contributed by atoms with Crippen LogP contribution in [-0.2, 0) is 16.1 Å². The number of thiazole rings is 1. The van der Waals surface area contributed by atoms with Crippen molar-refractivity contribution in [2.24, 2.45) is 5.92 Å². The Balaban J connectivity index is 1.17. The summed E-state index contributed by atoms with van der Waals surface area (Å²) >= 11 is 1.13. The van der Waals surface area contributed by atoms with Crippen LogP contribution in [0.1, 0.15) is 50.3 Å². The third-order valence-electron chi connectivity index (χ3n) is 6.42. The molecular weight excluding hydrogens is 466 g/mol. The van der Waals surface area contributed by atoms with Gasteiger partial charge < -0.3 is 20.5 Å². The summed E-state index contributed by atoms with van der Waals surface area (Å²) in [6, 6.07) is 15.4. The molecule has 1 atom stereocenters. The Bertz CT molecular complexity index is 1250. The largest absolute Gasteiger partial charge is 0.480 e. The van der Waals surface area contributed by atoms with Gasteiger partial charge in [0.2, 0.25) is 0 Å². The molecule has 0 saturated heterocycles. The standard InChI is InChI=1S/C26H25N3O5S/c1-14-23(24(30)29-22(25(31)32)15-10-11-15)35-21(28-14)12-27-26(33)34-13-20-18-8-4-2-6-16(18)17-7-3-5-9-19(17)20/h2-9,15,20,22H,10-13H2,1H3,(H,27,33)(H,29,30)(H,31,32). The Morgan fingerprint density at radius 2 is 1.71 bits per heavy atom. The van der Waals surface area contributed by atoms with Gasteiger partial charge in [-0.15, -0.1) is 11.3 Å². The van der Waals surface area contributed by atoms with E-state index in [0.717, 1.165) is 46.4 Å². The summed E-state index contributed by atoms with van der Waals surface area (Å²) in [6.45, 7) is 2.01. The first kappa shape index (κ1) is 23.0. The Kier molecular flexibility index (Phi) is 6.25. The van der Waals surface area contributed by atoms with Gasteiger partial charge in [0.15, 0.2) is 0 Å². The number of nitrogens with zero attached hydrogens (tertiary/aromatic N) is 1. The summed E-state index contributed by atoms with van der Waals surface area (Å²) in [7, 11) is 0. The fraction of sp³-hybridized carbons (Fsp3) is 0.308. The summed E-state index contributed by atoms with van der Waals surface area (Å²) < 4.78 is 5.54. The van der Waals surface area contributed by atoms with Gasteiger partial charge in [-0.3, -0.25) is 4.79 Å². The average Bonchev–Trinajstić information content (AvgIpc) is 3.55. The second kappa shape index (κ2) is 9.50. The summed E-state index contributed by atoms with van der Waals surface area (Å²) in [5, 5.41) is 15.2. The summed E-state index contributed by atoms with van der Waals surface area (Å²) in [6.07, 6.45) is 1.04. The Morgan fingerprint density at radius 1 is 1.09 bits per heavy atom. The van der Waals surface area contributed by atoms with Crippen LogP contribution in [0.3, 0.4) is 0 Å². The molecule has 3 aromatic rings. The van der Waals surface area contributed by atoms with Crippen LogP contribution in [0.5, 0.6) is 0 Å². The molecule has 1 unspecified atom stereocenters. The lowest BCUT2D eigenvalue weighted by atomic mass is 9.98. The minimum Gasteiger partial charge on any atom is -0.480 e. The number of amides is 2. The quantitative estimate of drug-likeness (QED) is 0.437. The molecule has 5 rings (SSSR count). The van der Waals surface area contributed by atoms with E-state index in [1.807, 2.05) is 24.3 Å². The van der Waals surface area contributed by atoms with Crippen molar-refractivity contribution in [3.63, 3.8) is 0 Å². The Morgan fingerprint density at radius 3 is 2.31 bits per heavy atom. The van der Waals surface area contributed by atoms with Crippen molar-refractivity contribution in [3.05, 3.63) is 75.2 Å². The molecule has 0 spiro atoms. The van der Waals surface area contributed by atoms with Crippen molar-refractivity contribution < 1.29 is 24.2 Å². The van der Waals surface area contributed by atoms with Gasteiger partial charge in [-0.1, -0.05) is 48.5 Å². The Labute approximate surface area is 206 Å². The smallest absolute Gasteiger partial charge is 0.407 e. The highest BCUT2D eigenvalue weighted by molar-refractivity contribution is 7.13. The van der Waals surface area contributed by atoms with Crippen LogP contribution in [0.15, 0.2) is 48.5 Å². The SMILES string of the molecule is Cc1nc(CNC(=O)OCC2c3ccccc3-c3ccccc32)sc1C(=O)NC(C(=O)O)C1CC1. The number of ether oxygens (including phenoxy) is 1. The van der Waals surface area contributed by atoms with Crippen LogP contribution in [-0.4, -0.2) is 40.7 Å². The topological polar surface area (TPSA) is 118 Å². The van der Waals surface area contributed by atoms with E-state index < -0.39 is 24.0 Å². The summed E-state index contributed by atoms with van der Waals surface area (Å²) in [5.41, 5.74) is 5.09. The second-order valence-electron chi connectivity index (χ2n) is 8.83. The lowest BCUT2D eigenvalue weighted by Gasteiger charge is -2.14. The number of aromatic nitrogens is 1. The highest BCUT2D eigenvalue weighted by Crippen LogP contribution is 2.44. The normalized spacial score (nSPS) is 15.1. The maximum Gasteiger partial charge on any atom is 0.407 e. The first-order chi connectivity index (χ1) is 16.9. The molecule has 1 fully saturated rings. The first-order valence-corrected chi connectivity index (χ1v) is 12.3. The van der Waals surface area contributed by atoms with Gasteiger partial charge in [-0.05, 0) is 47.9 Å². The molecule has 2 amide bonds. The second-order valence-corrected chi connectivity index (χ2v) is 9.91. The van der Waals surface area contributed by atoms with Gasteiger partial charge in [0.25, 0.3) is 5.91 Å². The molecule has 35 heavy (non-hydrogen) atoms. The van der Waals surface area contributed by atoms with Gasteiger partial charge in [0, 0.05) is 5.92 Å². The zero-order valence-corrected chi connectivity index (χ0v) is 19.9. The molecule has 8 nitrogen and oxygen atoms in total. The molecule has 0 aliphatic heterocycles. The molecule has 0 bridgehead atoms. The van der Waals surface area contributed by atoms with Crippen molar-refractivity contribution in [1.82, 2.24) is 15.6 Å². The number of carbonyl (C=O) groups is 3. The number of carboxylic acids is 1. The molecule has 2 aromatic carbocycles. The van der Waals surface area contributed by atoms with E-state index in [1.54, 1.807) is 6.92 Å². The zero-order chi connectivity index (χ0) is 24.5. The molecule has 2 aliphatic rings. The number of benzene rings is 2. The Hall–Kier alpha value is -3.72. The molecule has 1 saturated carbocycles. The third-order valence-corrected chi connectivity index (χ3v) is 7.58. The van der Waals surface area contributed by atoms with E-state index in [9.17, 15) is 19.5 Å². The van der Waals surface area contributed by atoms with Crippen molar-refractivity contribution in [3.8, 4) is 11.1 Å². The number of rotatable bonds is 8. The monoisotopic (exact) mass is 491 g/mol. The predicted octanol–water partition coefficient (Wildman–Crippen LogP) is 4.08. The van der Waals surface area contributed by atoms with Crippen molar-refractivity contribution in [2.45, 2.75) is 38.3 Å². The van der Waals surface area contributed by atoms with Gasteiger partial charge in [0.05, 0.1) is 12.2 Å². The van der Waals surface area contributed by atoms with Crippen LogP contribution in [0.4, 0.5) is 4.79 Å². The van der Waals surface area contributed by atoms with Gasteiger partial charge in [-0.25, -0.2) is 14.6 Å². The summed E-state index contributed by atoms with van der Waals surface area (Å²) in [5.74, 6) is -1.52. The average molecular weight is 492 g/mol. The molecule has 180 valence electrons. The minimum atomic E-state index is -1.03. The molecule has 0 radical (unpaired) electrons. The molecule has 1 heterocycles. The number of hydrogen-bond acceptors (Lipinski definition) is 6. The molecule has 2 aliphatic carbocycles. The van der Waals surface area contributed by atoms with E-state index in [-0.39, 0.29) is 25.0 Å². The number of nitrogens with one attached hydrogen (secondary N) is 2. The van der Waals surface area contributed by atoms with Crippen molar-refractivity contribution in [2.75, 3.05) is 6.61 Å². The molecule has 9 heteroatoms. The zero-order valence-electron chi connectivity index (χ0n) is 19.1. The maximum absolute atomic E-state index is 12.6. The highest BCUT2D eigenvalue weighted by atomic mass is 32.1. The number of hydrogen-bond donors (Lipinski definition) is 3. The van der Waals surface area contributed by atoms with Crippen LogP contribution < -0.4 is 10.6 Å². The molecule has 1 aromatic heterocycles. The van der Waals surface area contributed by atoms with Crippen molar-refractivity contribution >= 4 is 29.3 Å². The van der Waals surface area contributed by atoms with Crippen LogP contribution in [0.25, 0.3) is 11.1 Å². The van der Waals surface area contributed by atoms with E-state index in [4.69, 9.17) is 4.74 Å².